The molecule has 3 heterocycles. The number of carbonyl (C=O) groups is 1. The first-order chi connectivity index (χ1) is 10.8. The van der Waals surface area contributed by atoms with Gasteiger partial charge in [0, 0.05) is 24.4 Å². The number of anilines is 1. The van der Waals surface area contributed by atoms with Crippen molar-refractivity contribution in [1.29, 1.82) is 0 Å². The molecule has 1 saturated heterocycles. The molecule has 4 rings (SSSR count). The van der Waals surface area contributed by atoms with Crippen LogP contribution >= 0.6 is 12.4 Å². The molecule has 1 fully saturated rings. The van der Waals surface area contributed by atoms with Gasteiger partial charge in [-0.1, -0.05) is 18.2 Å². The number of halogens is 1. The molecule has 122 valence electrons. The minimum Gasteiger partial charge on any atom is -0.492 e. The summed E-state index contributed by atoms with van der Waals surface area (Å²) in [5.41, 5.74) is 0.944. The van der Waals surface area contributed by atoms with Gasteiger partial charge in [-0.25, -0.2) is 0 Å². The molecule has 2 N–H and O–H groups in total. The van der Waals surface area contributed by atoms with E-state index in [2.05, 4.69) is 15.7 Å². The Kier molecular flexibility index (Phi) is 4.54. The standard InChI is InChI=1S/C16H18N4O2.ClH/c21-16(13-10-22-14-4-2-1-3-12(13)14)18-15-6-8-20(19-15)11-5-7-17-9-11;/h1-4,6,8,11,13,17H,5,7,9-10H2,(H,18,19,21);1H. The summed E-state index contributed by atoms with van der Waals surface area (Å²) < 4.78 is 7.49. The van der Waals surface area contributed by atoms with Crippen LogP contribution in [-0.2, 0) is 4.79 Å². The maximum absolute atomic E-state index is 12.5. The maximum atomic E-state index is 12.5. The fourth-order valence-electron chi connectivity index (χ4n) is 3.07. The van der Waals surface area contributed by atoms with Crippen LogP contribution in [0.3, 0.4) is 0 Å². The van der Waals surface area contributed by atoms with Crippen molar-refractivity contribution >= 4 is 24.1 Å². The lowest BCUT2D eigenvalue weighted by atomic mass is 10.0. The van der Waals surface area contributed by atoms with Gasteiger partial charge < -0.3 is 15.4 Å². The van der Waals surface area contributed by atoms with Crippen LogP contribution < -0.4 is 15.4 Å². The number of nitrogens with one attached hydrogen (secondary N) is 2. The number of aromatic nitrogens is 2. The highest BCUT2D eigenvalue weighted by Gasteiger charge is 2.30. The van der Waals surface area contributed by atoms with Crippen LogP contribution in [0.25, 0.3) is 0 Å². The molecular weight excluding hydrogens is 316 g/mol. The number of rotatable bonds is 3. The van der Waals surface area contributed by atoms with E-state index in [9.17, 15) is 4.79 Å². The minimum atomic E-state index is -0.269. The molecule has 2 unspecified atom stereocenters. The third kappa shape index (κ3) is 3.04. The van der Waals surface area contributed by atoms with Crippen LogP contribution in [0, 0.1) is 0 Å². The zero-order valence-corrected chi connectivity index (χ0v) is 13.4. The van der Waals surface area contributed by atoms with Crippen molar-refractivity contribution < 1.29 is 9.53 Å². The van der Waals surface area contributed by atoms with Crippen molar-refractivity contribution in [3.63, 3.8) is 0 Å². The van der Waals surface area contributed by atoms with E-state index in [1.807, 2.05) is 41.2 Å². The SMILES string of the molecule is Cl.O=C(Nc1ccn(C2CCNC2)n1)C1COc2ccccc21. The lowest BCUT2D eigenvalue weighted by Crippen LogP contribution is -2.22. The number of carbonyl (C=O) groups excluding carboxylic acids is 1. The number of fused-ring (bicyclic) bond motifs is 1. The van der Waals surface area contributed by atoms with Crippen LogP contribution in [0.15, 0.2) is 36.5 Å². The molecule has 2 aromatic rings. The largest absolute Gasteiger partial charge is 0.492 e. The van der Waals surface area contributed by atoms with E-state index < -0.39 is 0 Å². The smallest absolute Gasteiger partial charge is 0.236 e. The molecule has 1 amide bonds. The molecule has 0 bridgehead atoms. The average molecular weight is 335 g/mol. The van der Waals surface area contributed by atoms with Crippen molar-refractivity contribution in [2.45, 2.75) is 18.4 Å². The zero-order valence-electron chi connectivity index (χ0n) is 12.6. The van der Waals surface area contributed by atoms with E-state index in [0.29, 0.717) is 18.5 Å². The summed E-state index contributed by atoms with van der Waals surface area (Å²) in [6.45, 7) is 2.33. The van der Waals surface area contributed by atoms with Crippen LogP contribution in [0.1, 0.15) is 23.9 Å². The summed E-state index contributed by atoms with van der Waals surface area (Å²) >= 11 is 0. The molecule has 2 atom stereocenters. The molecular formula is C16H19ClN4O2. The molecule has 23 heavy (non-hydrogen) atoms. The van der Waals surface area contributed by atoms with Crippen molar-refractivity contribution in [3.8, 4) is 5.75 Å². The van der Waals surface area contributed by atoms with E-state index in [0.717, 1.165) is 30.8 Å². The molecule has 2 aliphatic rings. The van der Waals surface area contributed by atoms with Gasteiger partial charge in [0.25, 0.3) is 0 Å². The third-order valence-corrected chi connectivity index (χ3v) is 4.28. The van der Waals surface area contributed by atoms with Gasteiger partial charge in [0.2, 0.25) is 5.91 Å². The Balaban J connectivity index is 0.00000156. The van der Waals surface area contributed by atoms with E-state index in [-0.39, 0.29) is 24.2 Å². The number of hydrogen-bond acceptors (Lipinski definition) is 4. The predicted octanol–water partition coefficient (Wildman–Crippen LogP) is 1.95. The third-order valence-electron chi connectivity index (χ3n) is 4.28. The fourth-order valence-corrected chi connectivity index (χ4v) is 3.07. The van der Waals surface area contributed by atoms with Crippen LogP contribution in [0.2, 0.25) is 0 Å². The predicted molar refractivity (Wildman–Crippen MR) is 89.3 cm³/mol. The Labute approximate surface area is 140 Å². The summed E-state index contributed by atoms with van der Waals surface area (Å²) in [7, 11) is 0. The van der Waals surface area contributed by atoms with E-state index in [1.54, 1.807) is 0 Å². The average Bonchev–Trinajstić information content (AvgIpc) is 3.27. The van der Waals surface area contributed by atoms with Crippen LogP contribution in [-0.4, -0.2) is 35.4 Å². The molecule has 1 aromatic carbocycles. The lowest BCUT2D eigenvalue weighted by molar-refractivity contribution is -0.117. The zero-order chi connectivity index (χ0) is 14.9. The topological polar surface area (TPSA) is 68.2 Å². The monoisotopic (exact) mass is 334 g/mol. The van der Waals surface area contributed by atoms with Gasteiger partial charge in [-0.3, -0.25) is 9.48 Å². The first-order valence-corrected chi connectivity index (χ1v) is 7.60. The van der Waals surface area contributed by atoms with Gasteiger partial charge in [0.15, 0.2) is 5.82 Å². The molecule has 0 radical (unpaired) electrons. The van der Waals surface area contributed by atoms with Gasteiger partial charge in [0.05, 0.1) is 6.04 Å². The number of nitrogens with zero attached hydrogens (tertiary/aromatic N) is 2. The molecule has 0 saturated carbocycles. The van der Waals surface area contributed by atoms with E-state index in [4.69, 9.17) is 4.74 Å². The molecule has 7 heteroatoms. The second-order valence-electron chi connectivity index (χ2n) is 5.72. The Morgan fingerprint density at radius 1 is 1.35 bits per heavy atom. The Bertz CT molecular complexity index is 697. The number of para-hydroxylation sites is 1. The number of ether oxygens (including phenoxy) is 1. The van der Waals surface area contributed by atoms with E-state index >= 15 is 0 Å². The number of hydrogen-bond donors (Lipinski definition) is 2. The van der Waals surface area contributed by atoms with Gasteiger partial charge in [-0.2, -0.15) is 5.10 Å². The summed E-state index contributed by atoms with van der Waals surface area (Å²) in [4.78, 5) is 12.5. The van der Waals surface area contributed by atoms with E-state index in [1.165, 1.54) is 0 Å². The van der Waals surface area contributed by atoms with Crippen LogP contribution in [0.4, 0.5) is 5.82 Å². The highest BCUT2D eigenvalue weighted by Crippen LogP contribution is 2.34. The Morgan fingerprint density at radius 2 is 2.22 bits per heavy atom. The molecule has 1 aromatic heterocycles. The number of benzene rings is 1. The molecule has 0 aliphatic carbocycles. The minimum absolute atomic E-state index is 0. The maximum Gasteiger partial charge on any atom is 0.236 e. The van der Waals surface area contributed by atoms with Gasteiger partial charge in [-0.05, 0) is 19.0 Å². The molecule has 0 spiro atoms. The Morgan fingerprint density at radius 3 is 3.04 bits per heavy atom. The normalized spacial score (nSPS) is 22.1. The lowest BCUT2D eigenvalue weighted by Gasteiger charge is -2.10. The molecule has 2 aliphatic heterocycles. The van der Waals surface area contributed by atoms with Crippen molar-refractivity contribution in [3.05, 3.63) is 42.1 Å². The van der Waals surface area contributed by atoms with Crippen LogP contribution in [0.5, 0.6) is 5.75 Å². The fraction of sp³-hybridized carbons (Fsp3) is 0.375. The van der Waals surface area contributed by atoms with Gasteiger partial charge in [0.1, 0.15) is 18.3 Å². The van der Waals surface area contributed by atoms with Crippen molar-refractivity contribution in [2.24, 2.45) is 0 Å². The summed E-state index contributed by atoms with van der Waals surface area (Å²) in [6.07, 6.45) is 2.99. The Hall–Kier alpha value is -2.05. The highest BCUT2D eigenvalue weighted by molar-refractivity contribution is 5.96. The molecule has 6 nitrogen and oxygen atoms in total. The highest BCUT2D eigenvalue weighted by atomic mass is 35.5. The first kappa shape index (κ1) is 15.8. The summed E-state index contributed by atoms with van der Waals surface area (Å²) in [6, 6.07) is 9.89. The quantitative estimate of drug-likeness (QED) is 0.900. The number of amides is 1. The first-order valence-electron chi connectivity index (χ1n) is 7.60. The second kappa shape index (κ2) is 6.60. The van der Waals surface area contributed by atoms with Crippen molar-refractivity contribution in [1.82, 2.24) is 15.1 Å². The summed E-state index contributed by atoms with van der Waals surface area (Å²) in [5.74, 6) is 1.06. The van der Waals surface area contributed by atoms with Gasteiger partial charge in [-0.15, -0.1) is 12.4 Å². The van der Waals surface area contributed by atoms with Gasteiger partial charge >= 0.3 is 0 Å². The second-order valence-corrected chi connectivity index (χ2v) is 5.72. The summed E-state index contributed by atoms with van der Waals surface area (Å²) in [5, 5.41) is 10.7. The van der Waals surface area contributed by atoms with Crippen molar-refractivity contribution in [2.75, 3.05) is 25.0 Å².